The summed E-state index contributed by atoms with van der Waals surface area (Å²) in [7, 11) is 1.61. The third kappa shape index (κ3) is 3.19. The highest BCUT2D eigenvalue weighted by Gasteiger charge is 2.31. The monoisotopic (exact) mass is 217 g/mol. The maximum atomic E-state index is 11.9. The summed E-state index contributed by atoms with van der Waals surface area (Å²) in [6, 6.07) is 4.01. The zero-order valence-electron chi connectivity index (χ0n) is 8.06. The van der Waals surface area contributed by atoms with E-state index in [1.165, 1.54) is 18.2 Å². The predicted octanol–water partition coefficient (Wildman–Crippen LogP) is 3.27. The lowest BCUT2D eigenvalue weighted by atomic mass is 10.1. The molecule has 0 spiro atoms. The van der Waals surface area contributed by atoms with Crippen LogP contribution in [0.1, 0.15) is 5.56 Å². The van der Waals surface area contributed by atoms with E-state index in [1.54, 1.807) is 13.1 Å². The van der Waals surface area contributed by atoms with Crippen molar-refractivity contribution in [3.05, 3.63) is 30.3 Å². The molecule has 0 amide bonds. The zero-order chi connectivity index (χ0) is 11.5. The molecule has 0 saturated heterocycles. The molecule has 0 fully saturated rings. The lowest BCUT2D eigenvalue weighted by Crippen LogP contribution is -2.17. The van der Waals surface area contributed by atoms with E-state index in [0.717, 1.165) is 0 Å². The molecule has 0 heterocycles. The second-order valence-electron chi connectivity index (χ2n) is 2.75. The number of ether oxygens (including phenoxy) is 1. The Bertz CT molecular complexity index is 360. The van der Waals surface area contributed by atoms with Gasteiger partial charge in [0.05, 0.1) is 0 Å². The highest BCUT2D eigenvalue weighted by molar-refractivity contribution is 5.67. The first-order valence-corrected chi connectivity index (χ1v) is 4.16. The fraction of sp³-hybridized carbons (Fsp3) is 0.200. The molecule has 0 aromatic heterocycles. The van der Waals surface area contributed by atoms with Crippen LogP contribution in [0.2, 0.25) is 0 Å². The lowest BCUT2D eigenvalue weighted by Gasteiger charge is -2.11. The van der Waals surface area contributed by atoms with E-state index in [9.17, 15) is 13.2 Å². The summed E-state index contributed by atoms with van der Waals surface area (Å²) in [6.07, 6.45) is -3.12. The van der Waals surface area contributed by atoms with Crippen LogP contribution in [-0.4, -0.2) is 13.4 Å². The van der Waals surface area contributed by atoms with Crippen molar-refractivity contribution in [2.24, 2.45) is 0 Å². The third-order valence-corrected chi connectivity index (χ3v) is 1.75. The van der Waals surface area contributed by atoms with Gasteiger partial charge in [0.2, 0.25) is 0 Å². The molecule has 1 N–H and O–H groups in total. The van der Waals surface area contributed by atoms with E-state index < -0.39 is 6.36 Å². The Hall–Kier alpha value is -1.65. The summed E-state index contributed by atoms with van der Waals surface area (Å²) < 4.78 is 39.5. The maximum absolute atomic E-state index is 11.9. The standard InChI is InChI=1S/C10H10F3NO/c1-3-7-4-5-8(6-9(7)14-2)15-10(11,12)13/h3-6,14H,1H2,2H3. The van der Waals surface area contributed by atoms with Gasteiger partial charge in [-0.1, -0.05) is 12.7 Å². The van der Waals surface area contributed by atoms with Crippen LogP contribution in [0.15, 0.2) is 24.8 Å². The second kappa shape index (κ2) is 4.25. The first-order chi connectivity index (χ1) is 6.96. The molecule has 1 aromatic rings. The topological polar surface area (TPSA) is 21.3 Å². The molecule has 1 aromatic carbocycles. The minimum absolute atomic E-state index is 0.252. The van der Waals surface area contributed by atoms with Gasteiger partial charge in [-0.3, -0.25) is 0 Å². The Morgan fingerprint density at radius 1 is 1.40 bits per heavy atom. The quantitative estimate of drug-likeness (QED) is 0.838. The van der Waals surface area contributed by atoms with Crippen LogP contribution >= 0.6 is 0 Å². The molecule has 5 heteroatoms. The van der Waals surface area contributed by atoms with E-state index >= 15 is 0 Å². The van der Waals surface area contributed by atoms with Crippen molar-refractivity contribution >= 4 is 11.8 Å². The van der Waals surface area contributed by atoms with Crippen molar-refractivity contribution in [2.75, 3.05) is 12.4 Å². The average Bonchev–Trinajstić information content (AvgIpc) is 2.15. The summed E-state index contributed by atoms with van der Waals surface area (Å²) in [5.74, 6) is -0.252. The van der Waals surface area contributed by atoms with Gasteiger partial charge >= 0.3 is 6.36 Å². The average molecular weight is 217 g/mol. The first kappa shape index (κ1) is 11.4. The first-order valence-electron chi connectivity index (χ1n) is 4.16. The van der Waals surface area contributed by atoms with Crippen LogP contribution in [0.4, 0.5) is 18.9 Å². The van der Waals surface area contributed by atoms with Gasteiger partial charge in [0, 0.05) is 18.8 Å². The fourth-order valence-electron chi connectivity index (χ4n) is 1.13. The Labute approximate surface area is 85.4 Å². The van der Waals surface area contributed by atoms with E-state index in [0.29, 0.717) is 11.3 Å². The van der Waals surface area contributed by atoms with Crippen LogP contribution in [0.25, 0.3) is 6.08 Å². The van der Waals surface area contributed by atoms with Gasteiger partial charge < -0.3 is 10.1 Å². The van der Waals surface area contributed by atoms with Crippen LogP contribution in [0.5, 0.6) is 5.75 Å². The molecule has 0 aliphatic heterocycles. The smallest absolute Gasteiger partial charge is 0.406 e. The summed E-state index contributed by atoms with van der Waals surface area (Å²) in [5, 5.41) is 2.75. The number of nitrogens with one attached hydrogen (secondary N) is 1. The molecule has 0 bridgehead atoms. The molecule has 0 aliphatic rings. The second-order valence-corrected chi connectivity index (χ2v) is 2.75. The van der Waals surface area contributed by atoms with Crippen molar-refractivity contribution in [3.8, 4) is 5.75 Å². The van der Waals surface area contributed by atoms with Crippen LogP contribution < -0.4 is 10.1 Å². The maximum Gasteiger partial charge on any atom is 0.573 e. The van der Waals surface area contributed by atoms with Crippen LogP contribution in [0.3, 0.4) is 0 Å². The van der Waals surface area contributed by atoms with Crippen molar-refractivity contribution in [2.45, 2.75) is 6.36 Å². The molecular weight excluding hydrogens is 207 g/mol. The van der Waals surface area contributed by atoms with Crippen molar-refractivity contribution in [1.82, 2.24) is 0 Å². The minimum Gasteiger partial charge on any atom is -0.406 e. The molecule has 0 atom stereocenters. The van der Waals surface area contributed by atoms with E-state index in [2.05, 4.69) is 16.6 Å². The van der Waals surface area contributed by atoms with Gasteiger partial charge in [-0.05, 0) is 17.7 Å². The normalized spacial score (nSPS) is 10.9. The van der Waals surface area contributed by atoms with E-state index in [4.69, 9.17) is 0 Å². The molecule has 0 aliphatic carbocycles. The van der Waals surface area contributed by atoms with Gasteiger partial charge in [-0.15, -0.1) is 13.2 Å². The fourth-order valence-corrected chi connectivity index (χ4v) is 1.13. The molecule has 82 valence electrons. The highest BCUT2D eigenvalue weighted by atomic mass is 19.4. The van der Waals surface area contributed by atoms with E-state index in [-0.39, 0.29) is 5.75 Å². The highest BCUT2D eigenvalue weighted by Crippen LogP contribution is 2.27. The van der Waals surface area contributed by atoms with Crippen molar-refractivity contribution in [1.29, 1.82) is 0 Å². The van der Waals surface area contributed by atoms with Gasteiger partial charge in [0.25, 0.3) is 0 Å². The molecule has 1 rings (SSSR count). The number of anilines is 1. The molecule has 2 nitrogen and oxygen atoms in total. The van der Waals surface area contributed by atoms with Crippen molar-refractivity contribution in [3.63, 3.8) is 0 Å². The van der Waals surface area contributed by atoms with Gasteiger partial charge in [-0.2, -0.15) is 0 Å². The van der Waals surface area contributed by atoms with Gasteiger partial charge in [-0.25, -0.2) is 0 Å². The van der Waals surface area contributed by atoms with Crippen molar-refractivity contribution < 1.29 is 17.9 Å². The van der Waals surface area contributed by atoms with Gasteiger partial charge in [0.1, 0.15) is 5.75 Å². The summed E-state index contributed by atoms with van der Waals surface area (Å²) in [4.78, 5) is 0. The number of halogens is 3. The van der Waals surface area contributed by atoms with E-state index in [1.807, 2.05) is 0 Å². The molecule has 15 heavy (non-hydrogen) atoms. The summed E-state index contributed by atoms with van der Waals surface area (Å²) in [6.45, 7) is 3.54. The number of benzene rings is 1. The van der Waals surface area contributed by atoms with Gasteiger partial charge in [0.15, 0.2) is 0 Å². The largest absolute Gasteiger partial charge is 0.573 e. The molecular formula is C10H10F3NO. The minimum atomic E-state index is -4.67. The zero-order valence-corrected chi connectivity index (χ0v) is 8.06. The third-order valence-electron chi connectivity index (χ3n) is 1.75. The Balaban J connectivity index is 2.98. The Morgan fingerprint density at radius 2 is 2.07 bits per heavy atom. The predicted molar refractivity (Wildman–Crippen MR) is 52.8 cm³/mol. The Kier molecular flexibility index (Phi) is 3.24. The number of alkyl halides is 3. The molecule has 0 unspecified atom stereocenters. The molecule has 0 radical (unpaired) electrons. The number of hydrogen-bond acceptors (Lipinski definition) is 2. The van der Waals surface area contributed by atoms with Crippen LogP contribution in [0, 0.1) is 0 Å². The summed E-state index contributed by atoms with van der Waals surface area (Å²) in [5.41, 5.74) is 1.25. The van der Waals surface area contributed by atoms with Crippen LogP contribution in [-0.2, 0) is 0 Å². The SMILES string of the molecule is C=Cc1ccc(OC(F)(F)F)cc1NC. The molecule has 0 saturated carbocycles. The lowest BCUT2D eigenvalue weighted by molar-refractivity contribution is -0.274. The number of rotatable bonds is 3. The summed E-state index contributed by atoms with van der Waals surface area (Å²) >= 11 is 0. The number of hydrogen-bond donors (Lipinski definition) is 1. The Morgan fingerprint density at radius 3 is 2.53 bits per heavy atom.